The maximum Gasteiger partial charge on any atom is 0.356 e. The maximum atomic E-state index is 13.1. The number of carbonyl (C=O) groups is 1. The topological polar surface area (TPSA) is 66.0 Å². The zero-order valence-corrected chi connectivity index (χ0v) is 9.41. The minimum absolute atomic E-state index is 0.0121. The molecule has 0 bridgehead atoms. The second-order valence-corrected chi connectivity index (χ2v) is 3.83. The fraction of sp³-hybridized carbons (Fsp3) is 0.167. The Morgan fingerprint density at radius 2 is 2.12 bits per heavy atom. The van der Waals surface area contributed by atoms with Crippen molar-refractivity contribution in [3.8, 4) is 11.4 Å². The molecule has 0 spiro atoms. The zero-order valence-electron chi connectivity index (χ0n) is 9.41. The van der Waals surface area contributed by atoms with Crippen LogP contribution in [0.5, 0.6) is 0 Å². The van der Waals surface area contributed by atoms with Crippen molar-refractivity contribution >= 4 is 5.97 Å². The molecule has 2 rings (SSSR count). The summed E-state index contributed by atoms with van der Waals surface area (Å²) < 4.78 is 13.1. The van der Waals surface area contributed by atoms with Crippen molar-refractivity contribution in [2.24, 2.45) is 0 Å². The lowest BCUT2D eigenvalue weighted by atomic mass is 10.1. The number of carboxylic acid groups (broad SMARTS) is 1. The van der Waals surface area contributed by atoms with Gasteiger partial charge in [0, 0.05) is 11.3 Å². The molecule has 0 aliphatic heterocycles. The van der Waals surface area contributed by atoms with Gasteiger partial charge in [-0.2, -0.15) is 0 Å². The van der Waals surface area contributed by atoms with Crippen LogP contribution >= 0.6 is 0 Å². The van der Waals surface area contributed by atoms with Gasteiger partial charge >= 0.3 is 5.97 Å². The molecule has 2 aromatic rings. The Bertz CT molecular complexity index is 590. The molecule has 5 heteroatoms. The van der Waals surface area contributed by atoms with Crippen LogP contribution in [0.4, 0.5) is 4.39 Å². The molecule has 0 saturated carbocycles. The second kappa shape index (κ2) is 4.01. The van der Waals surface area contributed by atoms with Crippen molar-refractivity contribution < 1.29 is 14.3 Å². The number of hydrogen-bond acceptors (Lipinski definition) is 2. The summed E-state index contributed by atoms with van der Waals surface area (Å²) in [6.45, 7) is 3.28. The number of aromatic amines is 1. The van der Waals surface area contributed by atoms with Crippen molar-refractivity contribution in [1.82, 2.24) is 9.97 Å². The van der Waals surface area contributed by atoms with E-state index in [9.17, 15) is 9.18 Å². The SMILES string of the molecule is Cc1cc(-c2nc(C(=O)O)c(C)[nH]2)ccc1F. The van der Waals surface area contributed by atoms with Crippen molar-refractivity contribution in [3.05, 3.63) is 41.0 Å². The van der Waals surface area contributed by atoms with Crippen LogP contribution in [0.3, 0.4) is 0 Å². The van der Waals surface area contributed by atoms with E-state index in [1.54, 1.807) is 26.0 Å². The number of hydrogen-bond donors (Lipinski definition) is 2. The van der Waals surface area contributed by atoms with Gasteiger partial charge in [-0.25, -0.2) is 14.2 Å². The first kappa shape index (κ1) is 11.3. The second-order valence-electron chi connectivity index (χ2n) is 3.83. The third-order valence-corrected chi connectivity index (χ3v) is 2.52. The highest BCUT2D eigenvalue weighted by molar-refractivity contribution is 5.87. The van der Waals surface area contributed by atoms with Crippen LogP contribution in [-0.4, -0.2) is 21.0 Å². The van der Waals surface area contributed by atoms with Gasteiger partial charge in [0.15, 0.2) is 5.69 Å². The van der Waals surface area contributed by atoms with Gasteiger partial charge in [-0.1, -0.05) is 0 Å². The van der Waals surface area contributed by atoms with Gasteiger partial charge in [-0.05, 0) is 37.6 Å². The van der Waals surface area contributed by atoms with Crippen LogP contribution in [0.2, 0.25) is 0 Å². The van der Waals surface area contributed by atoms with Crippen LogP contribution in [0, 0.1) is 19.7 Å². The van der Waals surface area contributed by atoms with E-state index in [2.05, 4.69) is 9.97 Å². The van der Waals surface area contributed by atoms with Crippen LogP contribution in [0.1, 0.15) is 21.7 Å². The third-order valence-electron chi connectivity index (χ3n) is 2.52. The lowest BCUT2D eigenvalue weighted by Gasteiger charge is -1.99. The standard InChI is InChI=1S/C12H11FN2O2/c1-6-5-8(3-4-9(6)13)11-14-7(2)10(15-11)12(16)17/h3-5H,1-2H3,(H,14,15)(H,16,17). The molecule has 1 aromatic carbocycles. The van der Waals surface area contributed by atoms with E-state index in [1.165, 1.54) is 6.07 Å². The molecule has 17 heavy (non-hydrogen) atoms. The number of H-pyrrole nitrogens is 1. The Labute approximate surface area is 97.1 Å². The lowest BCUT2D eigenvalue weighted by molar-refractivity contribution is 0.0690. The van der Waals surface area contributed by atoms with Crippen molar-refractivity contribution in [3.63, 3.8) is 0 Å². The highest BCUT2D eigenvalue weighted by atomic mass is 19.1. The Morgan fingerprint density at radius 1 is 1.41 bits per heavy atom. The summed E-state index contributed by atoms with van der Waals surface area (Å²) in [7, 11) is 0. The normalized spacial score (nSPS) is 10.5. The Balaban J connectivity index is 2.50. The van der Waals surface area contributed by atoms with Gasteiger partial charge in [0.25, 0.3) is 0 Å². The van der Waals surface area contributed by atoms with Gasteiger partial charge in [-0.15, -0.1) is 0 Å². The molecule has 0 aliphatic carbocycles. The van der Waals surface area contributed by atoms with E-state index in [4.69, 9.17) is 5.11 Å². The summed E-state index contributed by atoms with van der Waals surface area (Å²) in [5.74, 6) is -0.942. The average Bonchev–Trinajstić information content (AvgIpc) is 2.64. The van der Waals surface area contributed by atoms with Crippen LogP contribution in [0.25, 0.3) is 11.4 Å². The Hall–Kier alpha value is -2.17. The summed E-state index contributed by atoms with van der Waals surface area (Å²) in [5.41, 5.74) is 1.63. The van der Waals surface area contributed by atoms with Crippen LogP contribution in [-0.2, 0) is 0 Å². The van der Waals surface area contributed by atoms with Gasteiger partial charge in [0.2, 0.25) is 0 Å². The third kappa shape index (κ3) is 2.04. The summed E-state index contributed by atoms with van der Waals surface area (Å²) >= 11 is 0. The molecule has 88 valence electrons. The zero-order chi connectivity index (χ0) is 12.6. The fourth-order valence-electron chi connectivity index (χ4n) is 1.60. The lowest BCUT2D eigenvalue weighted by Crippen LogP contribution is -1.98. The largest absolute Gasteiger partial charge is 0.476 e. The molecule has 0 fully saturated rings. The van der Waals surface area contributed by atoms with Crippen LogP contribution in [0.15, 0.2) is 18.2 Å². The molecule has 2 N–H and O–H groups in total. The number of rotatable bonds is 2. The Morgan fingerprint density at radius 3 is 2.65 bits per heavy atom. The monoisotopic (exact) mass is 234 g/mol. The molecule has 0 atom stereocenters. The minimum Gasteiger partial charge on any atom is -0.476 e. The van der Waals surface area contributed by atoms with Gasteiger partial charge in [-0.3, -0.25) is 0 Å². The van der Waals surface area contributed by atoms with E-state index < -0.39 is 5.97 Å². The van der Waals surface area contributed by atoms with Gasteiger partial charge in [0.05, 0.1) is 0 Å². The smallest absolute Gasteiger partial charge is 0.356 e. The first-order valence-corrected chi connectivity index (χ1v) is 5.05. The van der Waals surface area contributed by atoms with E-state index in [-0.39, 0.29) is 11.5 Å². The molecular formula is C12H11FN2O2. The molecule has 0 radical (unpaired) electrons. The van der Waals surface area contributed by atoms with Crippen molar-refractivity contribution in [2.45, 2.75) is 13.8 Å². The number of imidazole rings is 1. The average molecular weight is 234 g/mol. The molecule has 0 aliphatic rings. The summed E-state index contributed by atoms with van der Waals surface area (Å²) in [6.07, 6.45) is 0. The van der Waals surface area contributed by atoms with E-state index in [1.807, 2.05) is 0 Å². The number of aromatic nitrogens is 2. The predicted octanol–water partition coefficient (Wildman–Crippen LogP) is 2.53. The number of carboxylic acids is 1. The van der Waals surface area contributed by atoms with Crippen LogP contribution < -0.4 is 0 Å². The van der Waals surface area contributed by atoms with Gasteiger partial charge in [0.1, 0.15) is 11.6 Å². The highest BCUT2D eigenvalue weighted by Crippen LogP contribution is 2.20. The Kier molecular flexibility index (Phi) is 2.67. The van der Waals surface area contributed by atoms with E-state index in [0.717, 1.165) is 0 Å². The summed E-state index contributed by atoms with van der Waals surface area (Å²) in [6, 6.07) is 4.52. The number of halogens is 1. The number of nitrogens with zero attached hydrogens (tertiary/aromatic N) is 1. The quantitative estimate of drug-likeness (QED) is 0.839. The molecule has 0 saturated heterocycles. The number of aryl methyl sites for hydroxylation is 2. The molecule has 4 nitrogen and oxygen atoms in total. The first-order chi connectivity index (χ1) is 7.99. The van der Waals surface area contributed by atoms with E-state index >= 15 is 0 Å². The molecule has 1 aromatic heterocycles. The molecular weight excluding hydrogens is 223 g/mol. The summed E-state index contributed by atoms with van der Waals surface area (Å²) in [5, 5.41) is 8.88. The molecule has 0 amide bonds. The number of benzene rings is 1. The molecule has 1 heterocycles. The minimum atomic E-state index is -1.08. The van der Waals surface area contributed by atoms with Crippen molar-refractivity contribution in [1.29, 1.82) is 0 Å². The van der Waals surface area contributed by atoms with Crippen molar-refractivity contribution in [2.75, 3.05) is 0 Å². The fourth-order valence-corrected chi connectivity index (χ4v) is 1.60. The number of aromatic carboxylic acids is 1. The summed E-state index contributed by atoms with van der Waals surface area (Å²) in [4.78, 5) is 17.7. The molecule has 0 unspecified atom stereocenters. The predicted molar refractivity (Wildman–Crippen MR) is 60.4 cm³/mol. The first-order valence-electron chi connectivity index (χ1n) is 5.05. The van der Waals surface area contributed by atoms with E-state index in [0.29, 0.717) is 22.6 Å². The van der Waals surface area contributed by atoms with Gasteiger partial charge < -0.3 is 10.1 Å². The highest BCUT2D eigenvalue weighted by Gasteiger charge is 2.14. The number of nitrogens with one attached hydrogen (secondary N) is 1. The maximum absolute atomic E-state index is 13.1.